The summed E-state index contributed by atoms with van der Waals surface area (Å²) in [4.78, 5) is 25.2. The van der Waals surface area contributed by atoms with Gasteiger partial charge >= 0.3 is 0 Å². The lowest BCUT2D eigenvalue weighted by Gasteiger charge is -2.34. The quantitative estimate of drug-likeness (QED) is 0.816. The first kappa shape index (κ1) is 19.1. The number of amides is 1. The fourth-order valence-corrected chi connectivity index (χ4v) is 2.29. The molecule has 0 spiro atoms. The number of nitrogens with zero attached hydrogens (tertiary/aromatic N) is 1. The van der Waals surface area contributed by atoms with Gasteiger partial charge in [-0.15, -0.1) is 0 Å². The molecule has 0 radical (unpaired) electrons. The molecule has 1 aliphatic heterocycles. The molecule has 20 heavy (non-hydrogen) atoms. The Labute approximate surface area is 125 Å². The van der Waals surface area contributed by atoms with E-state index in [1.807, 2.05) is 20.8 Å². The van der Waals surface area contributed by atoms with Crippen LogP contribution in [0.15, 0.2) is 0 Å². The number of carbonyl (C=O) groups excluding carboxylic acids is 2. The number of hydrogen-bond donors (Lipinski definition) is 1. The predicted octanol–water partition coefficient (Wildman–Crippen LogP) is 3.01. The summed E-state index contributed by atoms with van der Waals surface area (Å²) in [5.74, 6) is 0.194. The molecule has 1 amide bonds. The van der Waals surface area contributed by atoms with Gasteiger partial charge in [-0.2, -0.15) is 0 Å². The smallest absolute Gasteiger partial charge is 0.220 e. The molecule has 0 aromatic heterocycles. The summed E-state index contributed by atoms with van der Waals surface area (Å²) in [6.45, 7) is 12.3. The van der Waals surface area contributed by atoms with Gasteiger partial charge in [0.1, 0.15) is 5.78 Å². The van der Waals surface area contributed by atoms with Crippen molar-refractivity contribution in [3.63, 3.8) is 0 Å². The van der Waals surface area contributed by atoms with Crippen LogP contribution < -0.4 is 5.32 Å². The van der Waals surface area contributed by atoms with E-state index in [0.29, 0.717) is 31.3 Å². The van der Waals surface area contributed by atoms with Crippen molar-refractivity contribution in [2.45, 2.75) is 78.8 Å². The molecule has 4 heteroatoms. The normalized spacial score (nSPS) is 16.5. The number of likely N-dealkylation sites (tertiary alicyclic amines) is 1. The van der Waals surface area contributed by atoms with Crippen LogP contribution in [0.1, 0.15) is 68.1 Å². The van der Waals surface area contributed by atoms with Crippen molar-refractivity contribution in [3.05, 3.63) is 0 Å². The summed E-state index contributed by atoms with van der Waals surface area (Å²) in [6.07, 6.45) is 3.29. The fraction of sp³-hybridized carbons (Fsp3) is 0.875. The molecule has 1 aliphatic rings. The number of Topliss-reactive ketones (excluding diaryl/α,β-unsaturated/α-hetero) is 1. The summed E-state index contributed by atoms with van der Waals surface area (Å²) in [5, 5.41) is 3.04. The molecule has 0 aromatic carbocycles. The lowest BCUT2D eigenvalue weighted by Crippen LogP contribution is -2.46. The van der Waals surface area contributed by atoms with Gasteiger partial charge < -0.3 is 10.2 Å². The highest BCUT2D eigenvalue weighted by molar-refractivity contribution is 5.84. The van der Waals surface area contributed by atoms with Crippen molar-refractivity contribution in [1.82, 2.24) is 10.2 Å². The van der Waals surface area contributed by atoms with E-state index < -0.39 is 0 Å². The zero-order chi connectivity index (χ0) is 15.5. The Kier molecular flexibility index (Phi) is 10.3. The minimum Gasteiger partial charge on any atom is -0.353 e. The summed E-state index contributed by atoms with van der Waals surface area (Å²) in [5.41, 5.74) is 0. The molecule has 1 saturated heterocycles. The standard InChI is InChI=1S/C14H26N2O2.C2H6.H2/c1-4-13(17)5-6-14(18)15-12-7-9-16(10-8-12)11(2)3;1-2;/h11-12H,4-10H2,1-3H3,(H,15,18);1-2H3;1H. The number of carbonyl (C=O) groups is 2. The zero-order valence-corrected chi connectivity index (χ0v) is 13.9. The molecular formula is C16H34N2O2. The highest BCUT2D eigenvalue weighted by Crippen LogP contribution is 2.13. The number of rotatable bonds is 6. The van der Waals surface area contributed by atoms with Crippen molar-refractivity contribution >= 4 is 11.7 Å². The number of piperidine rings is 1. The number of nitrogens with one attached hydrogen (secondary N) is 1. The van der Waals surface area contributed by atoms with Gasteiger partial charge in [0, 0.05) is 45.9 Å². The third-order valence-corrected chi connectivity index (χ3v) is 3.65. The van der Waals surface area contributed by atoms with Gasteiger partial charge in [-0.1, -0.05) is 20.8 Å². The number of hydrogen-bond acceptors (Lipinski definition) is 3. The predicted molar refractivity (Wildman–Crippen MR) is 85.9 cm³/mol. The van der Waals surface area contributed by atoms with E-state index >= 15 is 0 Å². The Morgan fingerprint density at radius 2 is 1.75 bits per heavy atom. The van der Waals surface area contributed by atoms with Crippen LogP contribution in [-0.4, -0.2) is 41.8 Å². The third-order valence-electron chi connectivity index (χ3n) is 3.65. The molecule has 0 aliphatic carbocycles. The molecule has 1 rings (SSSR count). The second-order valence-corrected chi connectivity index (χ2v) is 5.36. The van der Waals surface area contributed by atoms with Crippen molar-refractivity contribution in [2.75, 3.05) is 13.1 Å². The summed E-state index contributed by atoms with van der Waals surface area (Å²) >= 11 is 0. The Balaban J connectivity index is 0. The van der Waals surface area contributed by atoms with E-state index in [2.05, 4.69) is 24.1 Å². The first-order chi connectivity index (χ1) is 9.52. The van der Waals surface area contributed by atoms with Gasteiger partial charge in [-0.25, -0.2) is 0 Å². The zero-order valence-electron chi connectivity index (χ0n) is 13.9. The van der Waals surface area contributed by atoms with Gasteiger partial charge in [0.15, 0.2) is 0 Å². The van der Waals surface area contributed by atoms with E-state index in [4.69, 9.17) is 0 Å². The lowest BCUT2D eigenvalue weighted by molar-refractivity contribution is -0.126. The molecule has 0 aromatic rings. The van der Waals surface area contributed by atoms with Gasteiger partial charge in [-0.3, -0.25) is 9.59 Å². The van der Waals surface area contributed by atoms with Crippen LogP contribution in [0.5, 0.6) is 0 Å². The summed E-state index contributed by atoms with van der Waals surface area (Å²) < 4.78 is 0. The van der Waals surface area contributed by atoms with Crippen molar-refractivity contribution in [3.8, 4) is 0 Å². The van der Waals surface area contributed by atoms with Crippen LogP contribution in [0.25, 0.3) is 0 Å². The molecular weight excluding hydrogens is 252 g/mol. The Morgan fingerprint density at radius 1 is 1.20 bits per heavy atom. The van der Waals surface area contributed by atoms with Crippen molar-refractivity contribution in [1.29, 1.82) is 0 Å². The molecule has 1 fully saturated rings. The van der Waals surface area contributed by atoms with Crippen LogP contribution in [0.4, 0.5) is 0 Å². The van der Waals surface area contributed by atoms with Crippen molar-refractivity contribution < 1.29 is 11.0 Å². The van der Waals surface area contributed by atoms with Gasteiger partial charge in [0.25, 0.3) is 0 Å². The SMILES string of the molecule is CC.CCC(=O)CCC(=O)NC1CCN(C(C)C)CC1.[HH]. The van der Waals surface area contributed by atoms with E-state index in [0.717, 1.165) is 25.9 Å². The van der Waals surface area contributed by atoms with Gasteiger partial charge in [0.05, 0.1) is 0 Å². The average molecular weight is 286 g/mol. The first-order valence-electron chi connectivity index (χ1n) is 8.08. The largest absolute Gasteiger partial charge is 0.353 e. The topological polar surface area (TPSA) is 49.4 Å². The maximum absolute atomic E-state index is 11.7. The Morgan fingerprint density at radius 3 is 2.20 bits per heavy atom. The minimum absolute atomic E-state index is 0. The Hall–Kier alpha value is -0.900. The lowest BCUT2D eigenvalue weighted by atomic mass is 10.0. The van der Waals surface area contributed by atoms with Gasteiger partial charge in [-0.05, 0) is 26.7 Å². The molecule has 0 unspecified atom stereocenters. The second-order valence-electron chi connectivity index (χ2n) is 5.36. The van der Waals surface area contributed by atoms with Crippen LogP contribution in [0, 0.1) is 0 Å². The molecule has 120 valence electrons. The average Bonchev–Trinajstić information content (AvgIpc) is 2.47. The molecule has 0 atom stereocenters. The van der Waals surface area contributed by atoms with Crippen LogP contribution in [0.2, 0.25) is 0 Å². The molecule has 4 nitrogen and oxygen atoms in total. The van der Waals surface area contributed by atoms with Crippen LogP contribution >= 0.6 is 0 Å². The van der Waals surface area contributed by atoms with E-state index in [9.17, 15) is 9.59 Å². The number of ketones is 1. The molecule has 1 N–H and O–H groups in total. The maximum atomic E-state index is 11.7. The maximum Gasteiger partial charge on any atom is 0.220 e. The minimum atomic E-state index is 0. The highest BCUT2D eigenvalue weighted by Gasteiger charge is 2.21. The fourth-order valence-electron chi connectivity index (χ4n) is 2.29. The first-order valence-corrected chi connectivity index (χ1v) is 8.08. The van der Waals surface area contributed by atoms with Gasteiger partial charge in [0.2, 0.25) is 5.91 Å². The van der Waals surface area contributed by atoms with Crippen LogP contribution in [0.3, 0.4) is 0 Å². The van der Waals surface area contributed by atoms with E-state index in [1.54, 1.807) is 0 Å². The van der Waals surface area contributed by atoms with Crippen LogP contribution in [-0.2, 0) is 9.59 Å². The summed E-state index contributed by atoms with van der Waals surface area (Å²) in [6, 6.07) is 0.882. The monoisotopic (exact) mass is 286 g/mol. The van der Waals surface area contributed by atoms with Crippen molar-refractivity contribution in [2.24, 2.45) is 0 Å². The molecule has 0 saturated carbocycles. The highest BCUT2D eigenvalue weighted by atomic mass is 16.2. The molecule has 0 bridgehead atoms. The van der Waals surface area contributed by atoms with E-state index in [-0.39, 0.29) is 13.1 Å². The second kappa shape index (κ2) is 10.8. The third kappa shape index (κ3) is 7.63. The van der Waals surface area contributed by atoms with E-state index in [1.165, 1.54) is 0 Å². The molecule has 1 heterocycles. The summed E-state index contributed by atoms with van der Waals surface area (Å²) in [7, 11) is 0. The Bertz CT molecular complexity index is 288.